The van der Waals surface area contributed by atoms with Crippen LogP contribution in [0, 0.1) is 0 Å². The second-order valence-corrected chi connectivity index (χ2v) is 10.4. The Morgan fingerprint density at radius 1 is 1.21 bits per heavy atom. The molecule has 0 aliphatic carbocycles. The van der Waals surface area contributed by atoms with Crippen molar-refractivity contribution in [3.8, 4) is 0 Å². The van der Waals surface area contributed by atoms with E-state index < -0.39 is 0 Å². The van der Waals surface area contributed by atoms with Gasteiger partial charge in [0.15, 0.2) is 11.5 Å². The van der Waals surface area contributed by atoms with Crippen LogP contribution in [0.2, 0.25) is 0 Å². The van der Waals surface area contributed by atoms with Gasteiger partial charge in [-0.3, -0.25) is 15.1 Å². The van der Waals surface area contributed by atoms with Crippen LogP contribution < -0.4 is 10.2 Å². The van der Waals surface area contributed by atoms with Gasteiger partial charge in [-0.2, -0.15) is 10.2 Å². The van der Waals surface area contributed by atoms with E-state index in [2.05, 4.69) is 52.2 Å². The molecule has 0 saturated carbocycles. The molecule has 10 nitrogen and oxygen atoms in total. The number of hydrogen-bond donors (Lipinski definition) is 2. The molecule has 0 radical (unpaired) electrons. The number of rotatable bonds is 4. The van der Waals surface area contributed by atoms with Crippen LogP contribution in [0.25, 0.3) is 11.0 Å². The second-order valence-electron chi connectivity index (χ2n) is 10.4. The summed E-state index contributed by atoms with van der Waals surface area (Å²) in [4.78, 5) is 21.7. The zero-order valence-electron chi connectivity index (χ0n) is 20.4. The number of aromatic nitrogens is 5. The Kier molecular flexibility index (Phi) is 5.93. The van der Waals surface area contributed by atoms with Gasteiger partial charge in [-0.25, -0.2) is 9.78 Å². The van der Waals surface area contributed by atoms with Gasteiger partial charge in [-0.05, 0) is 25.3 Å². The molecule has 2 saturated heterocycles. The van der Waals surface area contributed by atoms with E-state index in [1.165, 1.54) is 0 Å². The van der Waals surface area contributed by atoms with Crippen LogP contribution >= 0.6 is 0 Å². The average molecular weight is 467 g/mol. The monoisotopic (exact) mass is 466 g/mol. The molecule has 3 aromatic heterocycles. The normalized spacial score (nSPS) is 19.6. The fourth-order valence-electron chi connectivity index (χ4n) is 4.88. The summed E-state index contributed by atoms with van der Waals surface area (Å²) < 4.78 is 7.62. The van der Waals surface area contributed by atoms with Gasteiger partial charge in [0.25, 0.3) is 0 Å². The highest BCUT2D eigenvalue weighted by atomic mass is 16.5. The van der Waals surface area contributed by atoms with Gasteiger partial charge in [-0.15, -0.1) is 0 Å². The minimum absolute atomic E-state index is 0.0777. The fourth-order valence-corrected chi connectivity index (χ4v) is 4.88. The van der Waals surface area contributed by atoms with Gasteiger partial charge in [0.05, 0.1) is 30.7 Å². The Bertz CT molecular complexity index is 1150. The van der Waals surface area contributed by atoms with E-state index in [4.69, 9.17) is 9.84 Å². The predicted octanol–water partition coefficient (Wildman–Crippen LogP) is 3.55. The van der Waals surface area contributed by atoms with Crippen LogP contribution in [-0.2, 0) is 10.2 Å². The highest BCUT2D eigenvalue weighted by molar-refractivity contribution is 5.88. The first-order chi connectivity index (χ1) is 16.3. The lowest BCUT2D eigenvalue weighted by Crippen LogP contribution is -2.47. The van der Waals surface area contributed by atoms with Crippen molar-refractivity contribution in [2.24, 2.45) is 0 Å². The van der Waals surface area contributed by atoms with Gasteiger partial charge in [0.2, 0.25) is 0 Å². The van der Waals surface area contributed by atoms with Crippen LogP contribution in [0.5, 0.6) is 0 Å². The number of fused-ring (bicyclic) bond motifs is 1. The van der Waals surface area contributed by atoms with Crippen molar-refractivity contribution in [2.45, 2.75) is 57.5 Å². The second kappa shape index (κ2) is 8.90. The Morgan fingerprint density at radius 3 is 2.71 bits per heavy atom. The molecule has 0 aromatic carbocycles. The third-order valence-electron chi connectivity index (χ3n) is 6.97. The summed E-state index contributed by atoms with van der Waals surface area (Å²) in [6.45, 7) is 9.67. The SMILES string of the molecule is CN(C(=O)Nc1cc(C(C)(C)C)n([C@H]2CCOC2)n1)C1CCN(c2cnc3[nH]ncc3c2)CC1. The molecule has 10 heteroatoms. The molecule has 2 aliphatic heterocycles. The molecule has 5 heterocycles. The molecule has 3 aromatic rings. The van der Waals surface area contributed by atoms with Gasteiger partial charge < -0.3 is 14.5 Å². The molecule has 2 N–H and O–H groups in total. The van der Waals surface area contributed by atoms with E-state index in [0.29, 0.717) is 12.4 Å². The van der Waals surface area contributed by atoms with Crippen molar-refractivity contribution in [1.29, 1.82) is 0 Å². The number of ether oxygens (including phenoxy) is 1. The summed E-state index contributed by atoms with van der Waals surface area (Å²) in [7, 11) is 1.88. The number of carbonyl (C=O) groups is 1. The molecular weight excluding hydrogens is 432 g/mol. The number of nitrogens with one attached hydrogen (secondary N) is 2. The number of hydrogen-bond acceptors (Lipinski definition) is 6. The van der Waals surface area contributed by atoms with Gasteiger partial charge in [-0.1, -0.05) is 20.8 Å². The lowest BCUT2D eigenvalue weighted by molar-refractivity contribution is 0.183. The highest BCUT2D eigenvalue weighted by Crippen LogP contribution is 2.31. The standard InChI is InChI=1S/C24H34N8O2/c1-24(2,3)20-12-21(29-32(20)18-7-10-34-15-18)27-23(33)30(4)17-5-8-31(9-6-17)19-11-16-13-26-28-22(16)25-14-19/h11-14,17-18H,5-10,15H2,1-4H3,(H,25,26,28)(H,27,29,33)/t18-/m0/s1. The largest absolute Gasteiger partial charge is 0.379 e. The molecule has 34 heavy (non-hydrogen) atoms. The van der Waals surface area contributed by atoms with Crippen molar-refractivity contribution in [2.75, 3.05) is 43.6 Å². The van der Waals surface area contributed by atoms with Crippen molar-refractivity contribution >= 4 is 28.6 Å². The molecule has 182 valence electrons. The summed E-state index contributed by atoms with van der Waals surface area (Å²) in [6, 6.07) is 4.40. The molecule has 2 amide bonds. The van der Waals surface area contributed by atoms with E-state index >= 15 is 0 Å². The highest BCUT2D eigenvalue weighted by Gasteiger charge is 2.30. The van der Waals surface area contributed by atoms with Crippen molar-refractivity contribution < 1.29 is 9.53 Å². The van der Waals surface area contributed by atoms with Gasteiger partial charge >= 0.3 is 6.03 Å². The summed E-state index contributed by atoms with van der Waals surface area (Å²) >= 11 is 0. The number of urea groups is 1. The van der Waals surface area contributed by atoms with Crippen LogP contribution in [0.4, 0.5) is 16.3 Å². The average Bonchev–Trinajstić information content (AvgIpc) is 3.58. The van der Waals surface area contributed by atoms with Crippen molar-refractivity contribution in [1.82, 2.24) is 29.9 Å². The van der Waals surface area contributed by atoms with E-state index in [-0.39, 0.29) is 23.5 Å². The van der Waals surface area contributed by atoms with Crippen molar-refractivity contribution in [3.63, 3.8) is 0 Å². The first-order valence-electron chi connectivity index (χ1n) is 12.1. The fraction of sp³-hybridized carbons (Fsp3) is 0.583. The quantitative estimate of drug-likeness (QED) is 0.609. The Balaban J connectivity index is 1.22. The Morgan fingerprint density at radius 2 is 2.00 bits per heavy atom. The van der Waals surface area contributed by atoms with Gasteiger partial charge in [0.1, 0.15) is 0 Å². The summed E-state index contributed by atoms with van der Waals surface area (Å²) in [5, 5.41) is 15.7. The maximum absolute atomic E-state index is 13.1. The van der Waals surface area contributed by atoms with Crippen LogP contribution in [0.1, 0.15) is 51.8 Å². The van der Waals surface area contributed by atoms with Gasteiger partial charge in [0, 0.05) is 55.3 Å². The Hall–Kier alpha value is -3.14. The van der Waals surface area contributed by atoms with Crippen LogP contribution in [0.15, 0.2) is 24.5 Å². The lowest BCUT2D eigenvalue weighted by atomic mass is 9.91. The van der Waals surface area contributed by atoms with Crippen LogP contribution in [-0.4, -0.2) is 75.3 Å². The number of nitrogens with zero attached hydrogens (tertiary/aromatic N) is 6. The number of carbonyl (C=O) groups excluding carboxylic acids is 1. The first kappa shape index (κ1) is 22.6. The minimum atomic E-state index is -0.118. The smallest absolute Gasteiger partial charge is 0.323 e. The molecule has 0 unspecified atom stereocenters. The van der Waals surface area contributed by atoms with E-state index in [1.54, 1.807) is 6.20 Å². The number of pyridine rings is 1. The summed E-state index contributed by atoms with van der Waals surface area (Å²) in [6.07, 6.45) is 6.42. The third-order valence-corrected chi connectivity index (χ3v) is 6.97. The van der Waals surface area contributed by atoms with E-state index in [1.807, 2.05) is 28.9 Å². The maximum atomic E-state index is 13.1. The zero-order valence-corrected chi connectivity index (χ0v) is 20.4. The number of amides is 2. The Labute approximate surface area is 199 Å². The van der Waals surface area contributed by atoms with Crippen LogP contribution in [0.3, 0.4) is 0 Å². The maximum Gasteiger partial charge on any atom is 0.323 e. The zero-order chi connectivity index (χ0) is 23.9. The molecule has 1 atom stereocenters. The predicted molar refractivity (Wildman–Crippen MR) is 131 cm³/mol. The topological polar surface area (TPSA) is 104 Å². The molecule has 2 fully saturated rings. The van der Waals surface area contributed by atoms with Crippen molar-refractivity contribution in [3.05, 3.63) is 30.2 Å². The van der Waals surface area contributed by atoms with E-state index in [0.717, 1.165) is 61.4 Å². The molecule has 0 spiro atoms. The van der Waals surface area contributed by atoms with E-state index in [9.17, 15) is 4.79 Å². The molecular formula is C24H34N8O2. The molecule has 5 rings (SSSR count). The number of H-pyrrole nitrogens is 1. The number of aromatic amines is 1. The minimum Gasteiger partial charge on any atom is -0.379 e. The number of piperidine rings is 1. The lowest BCUT2D eigenvalue weighted by Gasteiger charge is -2.37. The summed E-state index contributed by atoms with van der Waals surface area (Å²) in [5.74, 6) is 0.602. The summed E-state index contributed by atoms with van der Waals surface area (Å²) in [5.41, 5.74) is 2.92. The molecule has 2 aliphatic rings. The third kappa shape index (κ3) is 4.46. The molecule has 0 bridgehead atoms. The number of anilines is 2. The first-order valence-corrected chi connectivity index (χ1v) is 12.1.